The molecule has 5 aromatic carbocycles. The van der Waals surface area contributed by atoms with E-state index in [0.717, 1.165) is 76.8 Å². The molecule has 5 nitrogen and oxygen atoms in total. The Labute approximate surface area is 231 Å². The van der Waals surface area contributed by atoms with E-state index < -0.39 is 0 Å². The molecular formula is C35H18BN3O2. The van der Waals surface area contributed by atoms with E-state index in [1.165, 1.54) is 11.0 Å². The first-order valence-corrected chi connectivity index (χ1v) is 14.0. The highest BCUT2D eigenvalue weighted by atomic mass is 16.1. The zero-order valence-electron chi connectivity index (χ0n) is 22.2. The van der Waals surface area contributed by atoms with Gasteiger partial charge in [-0.3, -0.25) is 14.0 Å². The third-order valence-electron chi connectivity index (χ3n) is 10.1. The number of aryl methyl sites for hydroxylation is 2. The van der Waals surface area contributed by atoms with Gasteiger partial charge in [0.05, 0.1) is 33.1 Å². The maximum atomic E-state index is 14.6. The van der Waals surface area contributed by atoms with Gasteiger partial charge in [0, 0.05) is 32.3 Å². The highest BCUT2D eigenvalue weighted by Crippen LogP contribution is 2.40. The number of aromatic nitrogens is 3. The number of pyridine rings is 3. The fraction of sp³-hybridized carbons (Fsp3) is 0.0571. The van der Waals surface area contributed by atoms with Crippen molar-refractivity contribution in [3.8, 4) is 0 Å². The minimum atomic E-state index is -0.121. The highest BCUT2D eigenvalue weighted by molar-refractivity contribution is 7.01. The predicted molar refractivity (Wildman–Crippen MR) is 169 cm³/mol. The molecule has 6 heteroatoms. The van der Waals surface area contributed by atoms with E-state index in [0.29, 0.717) is 16.2 Å². The lowest BCUT2D eigenvalue weighted by Crippen LogP contribution is -2.58. The molecule has 0 saturated carbocycles. The van der Waals surface area contributed by atoms with Crippen LogP contribution >= 0.6 is 0 Å². The zero-order chi connectivity index (χ0) is 27.0. The Morgan fingerprint density at radius 3 is 2.05 bits per heavy atom. The Morgan fingerprint density at radius 1 is 0.585 bits per heavy atom. The number of rotatable bonds is 0. The van der Waals surface area contributed by atoms with Crippen molar-refractivity contribution in [2.45, 2.75) is 13.8 Å². The van der Waals surface area contributed by atoms with Gasteiger partial charge >= 0.3 is 0 Å². The summed E-state index contributed by atoms with van der Waals surface area (Å²) in [6.07, 6.45) is 0. The second kappa shape index (κ2) is 6.23. The molecule has 0 N–H and O–H groups in total. The number of para-hydroxylation sites is 3. The smallest absolute Gasteiger partial charge is 0.252 e. The van der Waals surface area contributed by atoms with E-state index in [4.69, 9.17) is 4.98 Å². The largest absolute Gasteiger partial charge is 0.308 e. The topological polar surface area (TPSA) is 55.9 Å². The van der Waals surface area contributed by atoms with Crippen molar-refractivity contribution in [3.05, 3.63) is 104 Å². The lowest BCUT2D eigenvalue weighted by molar-refractivity contribution is 1.28. The summed E-state index contributed by atoms with van der Waals surface area (Å²) in [6, 6.07) is 24.5. The quantitative estimate of drug-likeness (QED) is 0.168. The lowest BCUT2D eigenvalue weighted by atomic mass is 9.34. The molecule has 0 radical (unpaired) electrons. The molecule has 0 amide bonds. The second-order valence-electron chi connectivity index (χ2n) is 11.8. The van der Waals surface area contributed by atoms with Crippen molar-refractivity contribution in [2.75, 3.05) is 0 Å². The third-order valence-corrected chi connectivity index (χ3v) is 10.1. The van der Waals surface area contributed by atoms with E-state index in [-0.39, 0.29) is 17.6 Å². The average Bonchev–Trinajstić information content (AvgIpc) is 3.38. The molecule has 2 aliphatic heterocycles. The van der Waals surface area contributed by atoms with Gasteiger partial charge in [-0.1, -0.05) is 48.5 Å². The molecule has 0 unspecified atom stereocenters. The van der Waals surface area contributed by atoms with Crippen LogP contribution in [-0.4, -0.2) is 20.5 Å². The van der Waals surface area contributed by atoms with Crippen molar-refractivity contribution in [1.29, 1.82) is 0 Å². The summed E-state index contributed by atoms with van der Waals surface area (Å²) in [4.78, 5) is 33.8. The monoisotopic (exact) mass is 523 g/mol. The van der Waals surface area contributed by atoms with Crippen LogP contribution in [0.3, 0.4) is 0 Å². The van der Waals surface area contributed by atoms with Gasteiger partial charge < -0.3 is 4.40 Å². The van der Waals surface area contributed by atoms with Gasteiger partial charge in [0.2, 0.25) is 0 Å². The molecule has 0 aliphatic carbocycles. The Balaban J connectivity index is 1.65. The van der Waals surface area contributed by atoms with Crippen LogP contribution in [0, 0.1) is 13.8 Å². The van der Waals surface area contributed by atoms with Crippen molar-refractivity contribution in [1.82, 2.24) is 13.8 Å². The van der Waals surface area contributed by atoms with Crippen molar-refractivity contribution in [3.63, 3.8) is 0 Å². The summed E-state index contributed by atoms with van der Waals surface area (Å²) in [5.41, 5.74) is 12.3. The lowest BCUT2D eigenvalue weighted by Gasteiger charge is -2.32. The van der Waals surface area contributed by atoms with E-state index in [1.54, 1.807) is 0 Å². The van der Waals surface area contributed by atoms with Crippen LogP contribution in [0.15, 0.2) is 82.4 Å². The molecule has 41 heavy (non-hydrogen) atoms. The van der Waals surface area contributed by atoms with Gasteiger partial charge in [-0.15, -0.1) is 0 Å². The van der Waals surface area contributed by atoms with Gasteiger partial charge in [-0.05, 0) is 71.0 Å². The summed E-state index contributed by atoms with van der Waals surface area (Å²) in [5, 5.41) is 6.00. The third kappa shape index (κ3) is 1.94. The van der Waals surface area contributed by atoms with Gasteiger partial charge in [0.15, 0.2) is 10.9 Å². The molecule has 0 saturated heterocycles. The second-order valence-corrected chi connectivity index (χ2v) is 11.8. The predicted octanol–water partition coefficient (Wildman–Crippen LogP) is 4.42. The first kappa shape index (κ1) is 20.6. The zero-order valence-corrected chi connectivity index (χ0v) is 22.2. The fourth-order valence-corrected chi connectivity index (χ4v) is 8.62. The van der Waals surface area contributed by atoms with Gasteiger partial charge in [-0.2, -0.15) is 0 Å². The number of fused-ring (bicyclic) bond motifs is 5. The number of imidazole rings is 1. The van der Waals surface area contributed by atoms with Gasteiger partial charge in [0.25, 0.3) is 6.71 Å². The first-order valence-electron chi connectivity index (χ1n) is 14.0. The average molecular weight is 523 g/mol. The normalized spacial score (nSPS) is 13.8. The van der Waals surface area contributed by atoms with Crippen molar-refractivity contribution >= 4 is 99.6 Å². The minimum absolute atomic E-state index is 0.00586. The molecule has 0 atom stereocenters. The minimum Gasteiger partial charge on any atom is -0.308 e. The van der Waals surface area contributed by atoms with Gasteiger partial charge in [0.1, 0.15) is 5.65 Å². The Kier molecular flexibility index (Phi) is 3.14. The van der Waals surface area contributed by atoms with E-state index in [9.17, 15) is 9.59 Å². The standard InChI is InChI=1S/C35H18BN3O2/c1-15-7-3-8-17-24(15)35-37-23-14-6-13-22-30(23)39(35)31-25(17)16(2)26-32-27(31)36(22)21-12-5-11-20-29(21)38(32)28-18(33(20)40)9-4-10-19(28)34(26)41/h3-14H,1-2H3. The molecule has 188 valence electrons. The maximum absolute atomic E-state index is 14.6. The number of nitrogens with zero attached hydrogens (tertiary/aromatic N) is 3. The molecular weight excluding hydrogens is 505 g/mol. The molecule has 0 spiro atoms. The summed E-state index contributed by atoms with van der Waals surface area (Å²) in [7, 11) is 0. The van der Waals surface area contributed by atoms with E-state index in [2.05, 4.69) is 65.1 Å². The molecule has 6 heterocycles. The first-order chi connectivity index (χ1) is 20.1. The van der Waals surface area contributed by atoms with E-state index in [1.807, 2.05) is 30.3 Å². The molecule has 0 fully saturated rings. The summed E-state index contributed by atoms with van der Waals surface area (Å²) < 4.78 is 4.62. The number of benzene rings is 5. The number of hydrogen-bond acceptors (Lipinski definition) is 3. The number of hydrogen-bond donors (Lipinski definition) is 0. The molecule has 4 aromatic heterocycles. The van der Waals surface area contributed by atoms with Crippen molar-refractivity contribution < 1.29 is 0 Å². The van der Waals surface area contributed by atoms with E-state index >= 15 is 0 Å². The van der Waals surface area contributed by atoms with Crippen LogP contribution in [0.4, 0.5) is 0 Å². The highest BCUT2D eigenvalue weighted by Gasteiger charge is 2.40. The fourth-order valence-electron chi connectivity index (χ4n) is 8.62. The molecule has 11 rings (SSSR count). The maximum Gasteiger partial charge on any atom is 0.252 e. The Bertz CT molecular complexity index is 2930. The summed E-state index contributed by atoms with van der Waals surface area (Å²) in [6.45, 7) is 4.13. The SMILES string of the molecule is Cc1cccc2c1c1nc3cccc4c3n1c1c3c5c(c(C)c21)c(=O)c1cccc2c(=O)c6cccc(c6n5c21)B43. The summed E-state index contributed by atoms with van der Waals surface area (Å²) in [5.74, 6) is 0. The molecule has 9 aromatic rings. The van der Waals surface area contributed by atoms with Crippen LogP contribution in [0.25, 0.3) is 76.5 Å². The van der Waals surface area contributed by atoms with Crippen LogP contribution in [0.2, 0.25) is 0 Å². The van der Waals surface area contributed by atoms with Crippen LogP contribution in [0.1, 0.15) is 11.1 Å². The summed E-state index contributed by atoms with van der Waals surface area (Å²) >= 11 is 0. The Morgan fingerprint density at radius 2 is 1.22 bits per heavy atom. The van der Waals surface area contributed by atoms with Crippen LogP contribution < -0.4 is 27.2 Å². The molecule has 2 aliphatic rings. The van der Waals surface area contributed by atoms with Crippen molar-refractivity contribution in [2.24, 2.45) is 0 Å². The molecule has 0 bridgehead atoms. The van der Waals surface area contributed by atoms with Gasteiger partial charge in [-0.25, -0.2) is 4.98 Å². The van der Waals surface area contributed by atoms with Crippen LogP contribution in [-0.2, 0) is 0 Å². The Hall–Kier alpha value is -5.23. The van der Waals surface area contributed by atoms with Crippen LogP contribution in [0.5, 0.6) is 0 Å².